The van der Waals surface area contributed by atoms with E-state index < -0.39 is 0 Å². The van der Waals surface area contributed by atoms with Gasteiger partial charge < -0.3 is 11.1 Å². The van der Waals surface area contributed by atoms with Crippen LogP contribution in [0.15, 0.2) is 47.5 Å². The van der Waals surface area contributed by atoms with Gasteiger partial charge >= 0.3 is 0 Å². The quantitative estimate of drug-likeness (QED) is 0.439. The van der Waals surface area contributed by atoms with Crippen LogP contribution in [0, 0.1) is 5.82 Å². The Morgan fingerprint density at radius 2 is 1.83 bits per heavy atom. The van der Waals surface area contributed by atoms with Crippen LogP contribution in [0.3, 0.4) is 0 Å². The molecule has 0 fully saturated rings. The predicted molar refractivity (Wildman–Crippen MR) is 104 cm³/mol. The first kappa shape index (κ1) is 17.7. The molecule has 0 radical (unpaired) electrons. The molecular weight excluding hydrogens is 404 g/mol. The Hall–Kier alpha value is -1.63. The number of fused-ring (bicyclic) bond motifs is 1. The van der Waals surface area contributed by atoms with Gasteiger partial charge in [-0.05, 0) is 60.6 Å². The number of nitrogens with two attached hydrogens (primary N) is 1. The Labute approximate surface area is 153 Å². The number of nitrogens with one attached hydrogen (secondary N) is 1. The lowest BCUT2D eigenvalue weighted by molar-refractivity contribution is 0.627. The Kier molecular flexibility index (Phi) is 6.38. The van der Waals surface area contributed by atoms with Crippen LogP contribution in [0.4, 0.5) is 10.1 Å². The van der Waals surface area contributed by atoms with Crippen LogP contribution in [0.2, 0.25) is 0 Å². The summed E-state index contributed by atoms with van der Waals surface area (Å²) in [5.74, 6) is 0.151. The number of benzene rings is 2. The maximum atomic E-state index is 12.9. The third-order valence-electron chi connectivity index (χ3n) is 4.00. The first-order chi connectivity index (χ1) is 10.7. The second-order valence-electron chi connectivity index (χ2n) is 5.60. The average Bonchev–Trinajstić information content (AvgIpc) is 2.55. The molecule has 0 saturated carbocycles. The van der Waals surface area contributed by atoms with Crippen molar-refractivity contribution >= 4 is 35.6 Å². The van der Waals surface area contributed by atoms with Crippen LogP contribution < -0.4 is 11.1 Å². The Bertz CT molecular complexity index is 683. The van der Waals surface area contributed by atoms with E-state index in [9.17, 15) is 4.39 Å². The van der Waals surface area contributed by atoms with E-state index in [4.69, 9.17) is 5.73 Å². The van der Waals surface area contributed by atoms with Gasteiger partial charge in [-0.2, -0.15) is 0 Å². The molecule has 0 spiro atoms. The third kappa shape index (κ3) is 4.67. The van der Waals surface area contributed by atoms with Crippen LogP contribution >= 0.6 is 24.0 Å². The van der Waals surface area contributed by atoms with Crippen LogP contribution in [0.25, 0.3) is 0 Å². The molecule has 0 heterocycles. The molecule has 0 aromatic heterocycles. The van der Waals surface area contributed by atoms with Gasteiger partial charge in [-0.1, -0.05) is 24.3 Å². The highest BCUT2D eigenvalue weighted by Gasteiger charge is 2.12. The van der Waals surface area contributed by atoms with Gasteiger partial charge in [0.05, 0.1) is 6.54 Å². The lowest BCUT2D eigenvalue weighted by atomic mass is 9.90. The Morgan fingerprint density at radius 1 is 1.09 bits per heavy atom. The average molecular weight is 425 g/mol. The molecule has 0 amide bonds. The minimum Gasteiger partial charge on any atom is -0.370 e. The molecule has 122 valence electrons. The minimum atomic E-state index is -0.241. The van der Waals surface area contributed by atoms with Gasteiger partial charge in [0.1, 0.15) is 5.82 Å². The van der Waals surface area contributed by atoms with Gasteiger partial charge in [0.25, 0.3) is 0 Å². The summed E-state index contributed by atoms with van der Waals surface area (Å²) in [6.07, 6.45) is 4.70. The fraction of sp³-hybridized carbons (Fsp3) is 0.278. The van der Waals surface area contributed by atoms with Gasteiger partial charge in [0.15, 0.2) is 5.96 Å². The highest BCUT2D eigenvalue weighted by Crippen LogP contribution is 2.27. The van der Waals surface area contributed by atoms with Crippen molar-refractivity contribution in [1.82, 2.24) is 0 Å². The molecule has 1 aliphatic rings. The molecule has 0 bridgehead atoms. The van der Waals surface area contributed by atoms with E-state index in [0.717, 1.165) is 24.1 Å². The zero-order chi connectivity index (χ0) is 15.4. The summed E-state index contributed by atoms with van der Waals surface area (Å²) in [5.41, 5.74) is 10.7. The third-order valence-corrected chi connectivity index (χ3v) is 4.00. The first-order valence-electron chi connectivity index (χ1n) is 7.64. The van der Waals surface area contributed by atoms with Crippen molar-refractivity contribution in [3.05, 3.63) is 65.0 Å². The van der Waals surface area contributed by atoms with Crippen LogP contribution in [-0.2, 0) is 19.4 Å². The first-order valence-corrected chi connectivity index (χ1v) is 7.64. The molecule has 2 aromatic carbocycles. The summed E-state index contributed by atoms with van der Waals surface area (Å²) in [6.45, 7) is 0.439. The van der Waals surface area contributed by atoms with E-state index in [1.165, 1.54) is 36.1 Å². The van der Waals surface area contributed by atoms with Crippen LogP contribution in [-0.4, -0.2) is 5.96 Å². The summed E-state index contributed by atoms with van der Waals surface area (Å²) in [7, 11) is 0. The van der Waals surface area contributed by atoms with Crippen molar-refractivity contribution < 1.29 is 4.39 Å². The molecule has 3 rings (SSSR count). The molecule has 0 atom stereocenters. The van der Waals surface area contributed by atoms with Crippen molar-refractivity contribution in [2.45, 2.75) is 32.2 Å². The topological polar surface area (TPSA) is 50.4 Å². The summed E-state index contributed by atoms with van der Waals surface area (Å²) >= 11 is 0. The zero-order valence-corrected chi connectivity index (χ0v) is 15.2. The van der Waals surface area contributed by atoms with E-state index in [-0.39, 0.29) is 29.8 Å². The molecule has 2 aromatic rings. The highest BCUT2D eigenvalue weighted by molar-refractivity contribution is 14.0. The van der Waals surface area contributed by atoms with Gasteiger partial charge in [-0.25, -0.2) is 9.38 Å². The number of rotatable bonds is 3. The minimum absolute atomic E-state index is 0. The number of aryl methyl sites for hydroxylation is 1. The number of hydrogen-bond acceptors (Lipinski definition) is 1. The molecule has 3 N–H and O–H groups in total. The lowest BCUT2D eigenvalue weighted by Gasteiger charge is -2.19. The van der Waals surface area contributed by atoms with Gasteiger partial charge in [0.2, 0.25) is 0 Å². The summed E-state index contributed by atoms with van der Waals surface area (Å²) < 4.78 is 12.9. The largest absolute Gasteiger partial charge is 0.370 e. The van der Waals surface area contributed by atoms with Crippen LogP contribution in [0.5, 0.6) is 0 Å². The van der Waals surface area contributed by atoms with Gasteiger partial charge in [-0.3, -0.25) is 0 Å². The van der Waals surface area contributed by atoms with E-state index in [1.54, 1.807) is 12.1 Å². The summed E-state index contributed by atoms with van der Waals surface area (Å²) in [6, 6.07) is 12.6. The molecule has 5 heteroatoms. The monoisotopic (exact) mass is 425 g/mol. The number of hydrogen-bond donors (Lipinski definition) is 2. The highest BCUT2D eigenvalue weighted by atomic mass is 127. The van der Waals surface area contributed by atoms with Crippen molar-refractivity contribution in [3.8, 4) is 0 Å². The summed E-state index contributed by atoms with van der Waals surface area (Å²) in [5, 5.41) is 3.21. The number of nitrogens with zero attached hydrogens (tertiary/aromatic N) is 1. The number of aliphatic imine (C=N–C) groups is 1. The Morgan fingerprint density at radius 3 is 2.61 bits per heavy atom. The number of guanidine groups is 1. The zero-order valence-electron chi connectivity index (χ0n) is 12.9. The van der Waals surface area contributed by atoms with Crippen molar-refractivity contribution in [3.63, 3.8) is 0 Å². The molecule has 23 heavy (non-hydrogen) atoms. The maximum absolute atomic E-state index is 12.9. The molecule has 0 unspecified atom stereocenters. The SMILES string of the molecule is I.NC(=NCc1ccc(F)cc1)Nc1cccc2c1CCCC2. The normalized spacial score (nSPS) is 13.9. The number of halogens is 2. The van der Waals surface area contributed by atoms with Crippen LogP contribution in [0.1, 0.15) is 29.5 Å². The molecule has 0 aliphatic heterocycles. The van der Waals surface area contributed by atoms with Crippen molar-refractivity contribution in [1.29, 1.82) is 0 Å². The smallest absolute Gasteiger partial charge is 0.193 e. The van der Waals surface area contributed by atoms with Crippen molar-refractivity contribution in [2.75, 3.05) is 5.32 Å². The van der Waals surface area contributed by atoms with E-state index in [2.05, 4.69) is 22.4 Å². The van der Waals surface area contributed by atoms with E-state index >= 15 is 0 Å². The van der Waals surface area contributed by atoms with Gasteiger partial charge in [0, 0.05) is 5.69 Å². The fourth-order valence-corrected chi connectivity index (χ4v) is 2.84. The lowest BCUT2D eigenvalue weighted by Crippen LogP contribution is -2.24. The number of anilines is 1. The van der Waals surface area contributed by atoms with Crippen molar-refractivity contribution in [2.24, 2.45) is 10.7 Å². The molecular formula is C18H21FIN3. The predicted octanol–water partition coefficient (Wildman–Crippen LogP) is 4.25. The molecule has 0 saturated heterocycles. The second-order valence-corrected chi connectivity index (χ2v) is 5.60. The van der Waals surface area contributed by atoms with E-state index in [1.807, 2.05) is 6.07 Å². The van der Waals surface area contributed by atoms with Gasteiger partial charge in [-0.15, -0.1) is 24.0 Å². The molecule has 3 nitrogen and oxygen atoms in total. The second kappa shape index (κ2) is 8.29. The fourth-order valence-electron chi connectivity index (χ4n) is 2.84. The summed E-state index contributed by atoms with van der Waals surface area (Å²) in [4.78, 5) is 4.33. The standard InChI is InChI=1S/C18H20FN3.HI/c19-15-10-8-13(9-11-15)12-21-18(20)22-17-7-3-5-14-4-1-2-6-16(14)17;/h3,5,7-11H,1-2,4,6,12H2,(H3,20,21,22);1H. The molecule has 1 aliphatic carbocycles. The maximum Gasteiger partial charge on any atom is 0.193 e. The Balaban J connectivity index is 0.00000192. The van der Waals surface area contributed by atoms with E-state index in [0.29, 0.717) is 12.5 Å².